The fourth-order valence-electron chi connectivity index (χ4n) is 2.07. The Kier molecular flexibility index (Phi) is 3.82. The molecule has 0 aliphatic heterocycles. The predicted octanol–water partition coefficient (Wildman–Crippen LogP) is 1.47. The van der Waals surface area contributed by atoms with Gasteiger partial charge in [-0.15, -0.1) is 0 Å². The highest BCUT2D eigenvalue weighted by Gasteiger charge is 2.33. The van der Waals surface area contributed by atoms with Crippen LogP contribution in [-0.2, 0) is 13.2 Å². The molecule has 0 bridgehead atoms. The van der Waals surface area contributed by atoms with E-state index in [0.717, 1.165) is 10.7 Å². The minimum Gasteiger partial charge on any atom is -0.491 e. The first-order valence-corrected chi connectivity index (χ1v) is 6.08. The lowest BCUT2D eigenvalue weighted by Crippen LogP contribution is -2.24. The first kappa shape index (κ1) is 15.8. The maximum atomic E-state index is 12.7. The molecule has 0 amide bonds. The molecule has 9 heteroatoms. The summed E-state index contributed by atoms with van der Waals surface area (Å²) in [6.07, 6.45) is -3.47. The van der Waals surface area contributed by atoms with Gasteiger partial charge in [-0.05, 0) is 18.6 Å². The molecule has 0 aliphatic carbocycles. The lowest BCUT2D eigenvalue weighted by Gasteiger charge is -2.12. The Bertz CT molecular complexity index is 837. The van der Waals surface area contributed by atoms with Crippen LogP contribution in [0.5, 0.6) is 5.75 Å². The molecule has 0 aliphatic rings. The van der Waals surface area contributed by atoms with Gasteiger partial charge in [0.25, 0.3) is 5.56 Å². The maximum absolute atomic E-state index is 12.7. The average Bonchev–Trinajstić information content (AvgIpc) is 2.41. The van der Waals surface area contributed by atoms with Gasteiger partial charge in [-0.2, -0.15) is 18.3 Å². The minimum absolute atomic E-state index is 0.0399. The first-order valence-electron chi connectivity index (χ1n) is 6.08. The van der Waals surface area contributed by atoms with Gasteiger partial charge in [0.15, 0.2) is 5.75 Å². The number of pyridine rings is 1. The molecule has 0 saturated carbocycles. The van der Waals surface area contributed by atoms with Gasteiger partial charge < -0.3 is 9.72 Å². The van der Waals surface area contributed by atoms with Crippen LogP contribution < -0.4 is 15.9 Å². The molecule has 0 radical (unpaired) electrons. The van der Waals surface area contributed by atoms with E-state index in [-0.39, 0.29) is 22.4 Å². The third kappa shape index (κ3) is 2.61. The summed E-state index contributed by atoms with van der Waals surface area (Å²) in [5.74, 6) is -0.161. The Balaban J connectivity index is 2.78. The molecular weight excluding hydrogens is 303 g/mol. The number of aryl methyl sites for hydroxylation is 2. The summed E-state index contributed by atoms with van der Waals surface area (Å²) in [4.78, 5) is 25.7. The lowest BCUT2D eigenvalue weighted by atomic mass is 10.0. The largest absolute Gasteiger partial charge is 0.491 e. The Morgan fingerprint density at radius 2 is 1.95 bits per heavy atom. The number of H-pyrrole nitrogens is 1. The highest BCUT2D eigenvalue weighted by molar-refractivity contribution is 5.71. The van der Waals surface area contributed by atoms with Gasteiger partial charge >= 0.3 is 11.7 Å². The van der Waals surface area contributed by atoms with Crippen LogP contribution in [0.1, 0.15) is 11.3 Å². The first-order chi connectivity index (χ1) is 10.2. The number of halogens is 3. The molecule has 6 nitrogen and oxygen atoms in total. The van der Waals surface area contributed by atoms with E-state index in [1.807, 2.05) is 0 Å². The number of ether oxygens (including phenoxy) is 1. The second-order valence-corrected chi connectivity index (χ2v) is 4.59. The van der Waals surface area contributed by atoms with Crippen LogP contribution in [0.2, 0.25) is 0 Å². The van der Waals surface area contributed by atoms with Crippen LogP contribution in [0.15, 0.2) is 21.9 Å². The van der Waals surface area contributed by atoms with Crippen molar-refractivity contribution < 1.29 is 17.9 Å². The number of hydrogen-bond acceptors (Lipinski definition) is 4. The van der Waals surface area contributed by atoms with Gasteiger partial charge in [-0.25, -0.2) is 4.68 Å². The van der Waals surface area contributed by atoms with Gasteiger partial charge in [0.2, 0.25) is 0 Å². The Morgan fingerprint density at radius 1 is 1.32 bits per heavy atom. The fourth-order valence-corrected chi connectivity index (χ4v) is 2.07. The van der Waals surface area contributed by atoms with Crippen molar-refractivity contribution in [3.8, 4) is 16.9 Å². The lowest BCUT2D eigenvalue weighted by molar-refractivity contribution is -0.141. The highest BCUT2D eigenvalue weighted by Crippen LogP contribution is 2.31. The van der Waals surface area contributed by atoms with Crippen LogP contribution in [-0.4, -0.2) is 21.9 Å². The van der Waals surface area contributed by atoms with E-state index in [4.69, 9.17) is 4.74 Å². The van der Waals surface area contributed by atoms with E-state index in [1.165, 1.54) is 27.3 Å². The van der Waals surface area contributed by atoms with Gasteiger partial charge in [0.05, 0.1) is 24.4 Å². The van der Waals surface area contributed by atoms with Crippen LogP contribution in [0, 0.1) is 6.92 Å². The molecule has 0 unspecified atom stereocenters. The summed E-state index contributed by atoms with van der Waals surface area (Å²) < 4.78 is 44.0. The zero-order valence-electron chi connectivity index (χ0n) is 11.9. The van der Waals surface area contributed by atoms with Crippen LogP contribution >= 0.6 is 0 Å². The van der Waals surface area contributed by atoms with E-state index in [0.29, 0.717) is 0 Å². The molecule has 2 aromatic rings. The van der Waals surface area contributed by atoms with Crippen molar-refractivity contribution in [2.45, 2.75) is 13.1 Å². The fraction of sp³-hybridized carbons (Fsp3) is 0.308. The van der Waals surface area contributed by atoms with E-state index in [9.17, 15) is 22.8 Å². The monoisotopic (exact) mass is 315 g/mol. The summed E-state index contributed by atoms with van der Waals surface area (Å²) in [6, 6.07) is 0.799. The second-order valence-electron chi connectivity index (χ2n) is 4.59. The van der Waals surface area contributed by atoms with E-state index in [2.05, 4.69) is 5.10 Å². The van der Waals surface area contributed by atoms with E-state index < -0.39 is 23.0 Å². The van der Waals surface area contributed by atoms with Gasteiger partial charge in [-0.1, -0.05) is 0 Å². The molecule has 1 N–H and O–H groups in total. The standard InChI is InChI=1S/C13H12F3N3O3/c1-6-4-8(13(14,15)16)18-11(20)9(6)7-5-17-19(2)12(21)10(7)22-3/h4-5H,1-3H3,(H,18,20). The zero-order valence-corrected chi connectivity index (χ0v) is 11.9. The summed E-state index contributed by atoms with van der Waals surface area (Å²) >= 11 is 0. The molecule has 0 fully saturated rings. The van der Waals surface area contributed by atoms with Gasteiger partial charge in [0, 0.05) is 7.05 Å². The molecule has 0 aromatic carbocycles. The Morgan fingerprint density at radius 3 is 2.45 bits per heavy atom. The zero-order chi connectivity index (χ0) is 16.7. The van der Waals surface area contributed by atoms with Crippen molar-refractivity contribution in [1.29, 1.82) is 0 Å². The van der Waals surface area contributed by atoms with Crippen molar-refractivity contribution in [3.05, 3.63) is 44.2 Å². The summed E-state index contributed by atoms with van der Waals surface area (Å²) in [7, 11) is 2.62. The molecule has 0 atom stereocenters. The topological polar surface area (TPSA) is 77.0 Å². The number of hydrogen-bond donors (Lipinski definition) is 1. The molecule has 0 saturated heterocycles. The summed E-state index contributed by atoms with van der Waals surface area (Å²) in [5, 5.41) is 3.77. The Labute approximate surface area is 122 Å². The Hall–Kier alpha value is -2.58. The SMILES string of the molecule is COc1c(-c2c(C)cc(C(F)(F)F)[nH]c2=O)cnn(C)c1=O. The van der Waals surface area contributed by atoms with Crippen LogP contribution in [0.25, 0.3) is 11.1 Å². The summed E-state index contributed by atoms with van der Waals surface area (Å²) in [6.45, 7) is 1.34. The van der Waals surface area contributed by atoms with Crippen molar-refractivity contribution in [2.75, 3.05) is 7.11 Å². The van der Waals surface area contributed by atoms with Crippen LogP contribution in [0.3, 0.4) is 0 Å². The van der Waals surface area contributed by atoms with E-state index >= 15 is 0 Å². The number of aromatic nitrogens is 3. The quantitative estimate of drug-likeness (QED) is 0.910. The third-order valence-corrected chi connectivity index (χ3v) is 3.10. The molecule has 22 heavy (non-hydrogen) atoms. The van der Waals surface area contributed by atoms with Crippen molar-refractivity contribution in [1.82, 2.24) is 14.8 Å². The maximum Gasteiger partial charge on any atom is 0.431 e. The normalized spacial score (nSPS) is 11.5. The highest BCUT2D eigenvalue weighted by atomic mass is 19.4. The number of nitrogens with zero attached hydrogens (tertiary/aromatic N) is 2. The molecule has 2 heterocycles. The number of alkyl halides is 3. The van der Waals surface area contributed by atoms with Crippen molar-refractivity contribution in [3.63, 3.8) is 0 Å². The minimum atomic E-state index is -4.67. The predicted molar refractivity (Wildman–Crippen MR) is 71.8 cm³/mol. The molecule has 0 spiro atoms. The average molecular weight is 315 g/mol. The van der Waals surface area contributed by atoms with Crippen molar-refractivity contribution in [2.24, 2.45) is 7.05 Å². The van der Waals surface area contributed by atoms with Gasteiger partial charge in [0.1, 0.15) is 5.69 Å². The molecule has 118 valence electrons. The number of aromatic amines is 1. The smallest absolute Gasteiger partial charge is 0.431 e. The van der Waals surface area contributed by atoms with E-state index in [1.54, 1.807) is 4.98 Å². The van der Waals surface area contributed by atoms with Crippen molar-refractivity contribution >= 4 is 0 Å². The molecular formula is C13H12F3N3O3. The second kappa shape index (κ2) is 5.32. The molecule has 2 rings (SSSR count). The summed E-state index contributed by atoms with van der Waals surface area (Å²) in [5.41, 5.74) is -2.72. The van der Waals surface area contributed by atoms with Gasteiger partial charge in [-0.3, -0.25) is 9.59 Å². The molecule has 2 aromatic heterocycles. The van der Waals surface area contributed by atoms with Crippen LogP contribution in [0.4, 0.5) is 13.2 Å². The number of methoxy groups -OCH3 is 1. The number of nitrogens with one attached hydrogen (secondary N) is 1. The third-order valence-electron chi connectivity index (χ3n) is 3.10. The number of rotatable bonds is 2.